The molecule has 1 aromatic rings. The third kappa shape index (κ3) is 2.04. The number of hydrazine groups is 1. The van der Waals surface area contributed by atoms with Crippen LogP contribution in [0.3, 0.4) is 0 Å². The zero-order valence-electron chi connectivity index (χ0n) is 8.28. The van der Waals surface area contributed by atoms with Gasteiger partial charge in [-0.25, -0.2) is 9.40 Å². The van der Waals surface area contributed by atoms with Crippen LogP contribution in [0.5, 0.6) is 0 Å². The second-order valence-electron chi connectivity index (χ2n) is 3.13. The van der Waals surface area contributed by atoms with E-state index in [2.05, 4.69) is 15.9 Å². The van der Waals surface area contributed by atoms with E-state index in [1.165, 1.54) is 10.4 Å². The molecular formula is C8H6FN5O2S. The molecular weight excluding hydrogens is 249 g/mol. The van der Waals surface area contributed by atoms with Gasteiger partial charge in [0.25, 0.3) is 5.69 Å². The van der Waals surface area contributed by atoms with Gasteiger partial charge in [0.2, 0.25) is 0 Å². The molecule has 1 aromatic carbocycles. The van der Waals surface area contributed by atoms with Crippen LogP contribution in [0.25, 0.3) is 0 Å². The van der Waals surface area contributed by atoms with Crippen molar-refractivity contribution in [2.45, 2.75) is 6.17 Å². The Balaban J connectivity index is 2.40. The molecule has 17 heavy (non-hydrogen) atoms. The number of benzene rings is 1. The number of nitro benzene ring substituents is 1. The Kier molecular flexibility index (Phi) is 2.91. The maximum absolute atomic E-state index is 13.6. The van der Waals surface area contributed by atoms with E-state index in [0.29, 0.717) is 0 Å². The number of halogens is 1. The topological polar surface area (TPSA) is 83.1 Å². The lowest BCUT2D eigenvalue weighted by Gasteiger charge is -2.20. The minimum Gasteiger partial charge on any atom is -0.258 e. The molecule has 0 spiro atoms. The first-order valence-corrected chi connectivity index (χ1v) is 4.94. The average Bonchev–Trinajstić information content (AvgIpc) is 2.77. The van der Waals surface area contributed by atoms with Crippen molar-refractivity contribution in [1.82, 2.24) is 5.53 Å². The van der Waals surface area contributed by atoms with Gasteiger partial charge in [-0.3, -0.25) is 10.1 Å². The summed E-state index contributed by atoms with van der Waals surface area (Å²) in [6.45, 7) is 0. The second-order valence-corrected chi connectivity index (χ2v) is 3.40. The summed E-state index contributed by atoms with van der Waals surface area (Å²) in [5.74, 6) is -0.628. The SMILES string of the molecule is O=[N+]([O-])c1ccc(F)c(N2NN=NC2C=S)c1. The number of thiocarbonyl (C=S) groups is 1. The Morgan fingerprint density at radius 3 is 3.06 bits per heavy atom. The summed E-state index contributed by atoms with van der Waals surface area (Å²) >= 11 is 4.70. The smallest absolute Gasteiger partial charge is 0.258 e. The van der Waals surface area contributed by atoms with Crippen molar-refractivity contribution < 1.29 is 9.31 Å². The van der Waals surface area contributed by atoms with E-state index in [-0.39, 0.29) is 11.4 Å². The summed E-state index contributed by atoms with van der Waals surface area (Å²) in [6, 6.07) is 3.17. The zero-order valence-corrected chi connectivity index (χ0v) is 9.09. The quantitative estimate of drug-likeness (QED) is 0.505. The number of nitrogens with one attached hydrogen (secondary N) is 1. The van der Waals surface area contributed by atoms with Gasteiger partial charge in [-0.2, -0.15) is 5.53 Å². The van der Waals surface area contributed by atoms with Crippen LogP contribution >= 0.6 is 12.2 Å². The predicted octanol–water partition coefficient (Wildman–Crippen LogP) is 1.75. The summed E-state index contributed by atoms with van der Waals surface area (Å²) in [6.07, 6.45) is -0.665. The van der Waals surface area contributed by atoms with E-state index in [1.807, 2.05) is 0 Å². The van der Waals surface area contributed by atoms with Crippen LogP contribution in [0.15, 0.2) is 28.5 Å². The maximum Gasteiger partial charge on any atom is 0.271 e. The second kappa shape index (κ2) is 4.37. The number of non-ortho nitro benzene ring substituents is 1. The fraction of sp³-hybridized carbons (Fsp3) is 0.125. The Bertz CT molecular complexity index is 509. The monoisotopic (exact) mass is 255 g/mol. The van der Waals surface area contributed by atoms with Gasteiger partial charge in [0.15, 0.2) is 6.17 Å². The molecule has 0 radical (unpaired) electrons. The molecule has 1 N–H and O–H groups in total. The van der Waals surface area contributed by atoms with Crippen molar-refractivity contribution >= 4 is 29.0 Å². The summed E-state index contributed by atoms with van der Waals surface area (Å²) < 4.78 is 13.6. The molecule has 0 aromatic heterocycles. The fourth-order valence-electron chi connectivity index (χ4n) is 1.33. The first-order valence-electron chi connectivity index (χ1n) is 4.47. The molecule has 1 atom stereocenters. The first-order chi connectivity index (χ1) is 8.13. The molecule has 1 aliphatic rings. The molecule has 0 saturated heterocycles. The van der Waals surface area contributed by atoms with Crippen molar-refractivity contribution in [2.24, 2.45) is 10.3 Å². The maximum atomic E-state index is 13.6. The zero-order chi connectivity index (χ0) is 12.4. The van der Waals surface area contributed by atoms with Crippen molar-refractivity contribution in [1.29, 1.82) is 0 Å². The van der Waals surface area contributed by atoms with Gasteiger partial charge in [-0.05, 0) is 6.07 Å². The van der Waals surface area contributed by atoms with Crippen molar-refractivity contribution in [3.05, 3.63) is 34.1 Å². The Morgan fingerprint density at radius 2 is 2.41 bits per heavy atom. The molecule has 88 valence electrons. The van der Waals surface area contributed by atoms with Gasteiger partial charge in [0.05, 0.1) is 4.92 Å². The van der Waals surface area contributed by atoms with E-state index < -0.39 is 16.9 Å². The van der Waals surface area contributed by atoms with Gasteiger partial charge in [0.1, 0.15) is 11.5 Å². The van der Waals surface area contributed by atoms with E-state index in [0.717, 1.165) is 18.2 Å². The van der Waals surface area contributed by atoms with Gasteiger partial charge >= 0.3 is 0 Å². The number of hydrogen-bond acceptors (Lipinski definition) is 7. The van der Waals surface area contributed by atoms with Gasteiger partial charge in [-0.1, -0.05) is 17.4 Å². The standard InChI is InChI=1S/C8H6FN5O2S/c9-6-2-1-5(14(15)16)3-7(6)13-8(4-17)10-11-12-13/h1-4,8H,(H,10,12). The van der Waals surface area contributed by atoms with Gasteiger partial charge in [0, 0.05) is 17.5 Å². The molecule has 9 heteroatoms. The summed E-state index contributed by atoms with van der Waals surface area (Å²) in [5, 5.41) is 20.2. The number of anilines is 1. The summed E-state index contributed by atoms with van der Waals surface area (Å²) in [4.78, 5) is 9.99. The molecule has 0 bridgehead atoms. The third-order valence-corrected chi connectivity index (χ3v) is 2.36. The normalized spacial score (nSPS) is 17.9. The first kappa shape index (κ1) is 11.3. The Hall–Kier alpha value is -2.16. The largest absolute Gasteiger partial charge is 0.271 e. The molecule has 2 rings (SSSR count). The van der Waals surface area contributed by atoms with E-state index >= 15 is 0 Å². The average molecular weight is 255 g/mol. The highest BCUT2D eigenvalue weighted by Gasteiger charge is 2.25. The van der Waals surface area contributed by atoms with Crippen LogP contribution in [0.4, 0.5) is 15.8 Å². The Labute approximate surface area is 100 Å². The van der Waals surface area contributed by atoms with Crippen LogP contribution in [0.2, 0.25) is 0 Å². The van der Waals surface area contributed by atoms with E-state index in [9.17, 15) is 14.5 Å². The van der Waals surface area contributed by atoms with Crippen LogP contribution in [0, 0.1) is 15.9 Å². The number of hydrogen-bond donors (Lipinski definition) is 1. The predicted molar refractivity (Wildman–Crippen MR) is 61.0 cm³/mol. The fourth-order valence-corrected chi connectivity index (χ4v) is 1.50. The number of nitrogens with zero attached hydrogens (tertiary/aromatic N) is 4. The lowest BCUT2D eigenvalue weighted by atomic mass is 10.2. The lowest BCUT2D eigenvalue weighted by Crippen LogP contribution is -2.38. The van der Waals surface area contributed by atoms with Crippen LogP contribution in [-0.4, -0.2) is 16.5 Å². The number of rotatable bonds is 3. The van der Waals surface area contributed by atoms with E-state index in [4.69, 9.17) is 12.2 Å². The minimum atomic E-state index is -0.665. The molecule has 1 unspecified atom stereocenters. The summed E-state index contributed by atoms with van der Waals surface area (Å²) in [7, 11) is 0. The molecule has 1 aliphatic heterocycles. The summed E-state index contributed by atoms with van der Waals surface area (Å²) in [5.41, 5.74) is 2.16. The van der Waals surface area contributed by atoms with Gasteiger partial charge in [-0.15, -0.1) is 5.11 Å². The lowest BCUT2D eigenvalue weighted by molar-refractivity contribution is -0.384. The van der Waals surface area contributed by atoms with Crippen LogP contribution in [-0.2, 0) is 0 Å². The van der Waals surface area contributed by atoms with Crippen LogP contribution < -0.4 is 10.5 Å². The number of nitro groups is 1. The van der Waals surface area contributed by atoms with E-state index in [1.54, 1.807) is 0 Å². The molecule has 1 heterocycles. The van der Waals surface area contributed by atoms with Crippen molar-refractivity contribution in [2.75, 3.05) is 5.01 Å². The molecule has 0 fully saturated rings. The molecule has 0 saturated carbocycles. The molecule has 0 aliphatic carbocycles. The highest BCUT2D eigenvalue weighted by Crippen LogP contribution is 2.26. The van der Waals surface area contributed by atoms with Crippen molar-refractivity contribution in [3.8, 4) is 0 Å². The Morgan fingerprint density at radius 1 is 1.65 bits per heavy atom. The minimum absolute atomic E-state index is 0.0321. The van der Waals surface area contributed by atoms with Crippen LogP contribution in [0.1, 0.15) is 0 Å². The molecule has 7 nitrogen and oxygen atoms in total. The third-order valence-electron chi connectivity index (χ3n) is 2.11. The van der Waals surface area contributed by atoms with Gasteiger partial charge < -0.3 is 0 Å². The van der Waals surface area contributed by atoms with Crippen molar-refractivity contribution in [3.63, 3.8) is 0 Å². The highest BCUT2D eigenvalue weighted by molar-refractivity contribution is 7.79. The molecule has 0 amide bonds. The highest BCUT2D eigenvalue weighted by atomic mass is 32.1.